The third-order valence-corrected chi connectivity index (χ3v) is 6.22. The smallest absolute Gasteiger partial charge is 0.336 e. The van der Waals surface area contributed by atoms with Gasteiger partial charge in [-0.15, -0.1) is 0 Å². The Balaban J connectivity index is 1.38. The number of nitrogens with two attached hydrogens (primary N) is 1. The van der Waals surface area contributed by atoms with Crippen molar-refractivity contribution in [1.29, 1.82) is 0 Å². The van der Waals surface area contributed by atoms with E-state index in [1.165, 1.54) is 31.5 Å². The molecule has 1 fully saturated rings. The summed E-state index contributed by atoms with van der Waals surface area (Å²) < 4.78 is 5.37. The molecular formula is C23H27ClN2O2+2. The number of nitrogens with one attached hydrogen (secondary N) is 1. The van der Waals surface area contributed by atoms with Crippen molar-refractivity contribution >= 4 is 22.6 Å². The van der Waals surface area contributed by atoms with E-state index >= 15 is 0 Å². The van der Waals surface area contributed by atoms with Crippen molar-refractivity contribution in [3.05, 3.63) is 80.7 Å². The van der Waals surface area contributed by atoms with Gasteiger partial charge in [0.05, 0.1) is 19.1 Å². The van der Waals surface area contributed by atoms with E-state index in [-0.39, 0.29) is 5.63 Å². The topological polar surface area (TPSA) is 51.3 Å². The van der Waals surface area contributed by atoms with Crippen molar-refractivity contribution in [3.8, 4) is 0 Å². The minimum atomic E-state index is -0.292. The molecule has 4 rings (SSSR count). The minimum absolute atomic E-state index is 0.292. The Bertz CT molecular complexity index is 1010. The van der Waals surface area contributed by atoms with E-state index in [2.05, 4.69) is 35.6 Å². The zero-order valence-corrected chi connectivity index (χ0v) is 17.0. The molecule has 0 unspecified atom stereocenters. The first-order valence-electron chi connectivity index (χ1n) is 10.0. The van der Waals surface area contributed by atoms with Crippen molar-refractivity contribution < 1.29 is 14.6 Å². The van der Waals surface area contributed by atoms with Gasteiger partial charge in [0.15, 0.2) is 0 Å². The van der Waals surface area contributed by atoms with Crippen molar-refractivity contribution in [2.45, 2.75) is 38.9 Å². The maximum Gasteiger partial charge on any atom is 0.336 e. The normalized spacial score (nSPS) is 19.8. The molecule has 4 nitrogen and oxygen atoms in total. The van der Waals surface area contributed by atoms with Crippen LogP contribution in [0.2, 0.25) is 5.02 Å². The molecule has 0 saturated carbocycles. The molecule has 3 aromatic rings. The van der Waals surface area contributed by atoms with Crippen molar-refractivity contribution in [2.24, 2.45) is 0 Å². The lowest BCUT2D eigenvalue weighted by Crippen LogP contribution is -3.13. The summed E-state index contributed by atoms with van der Waals surface area (Å²) in [5, 5.41) is 4.03. The number of fused-ring (bicyclic) bond motifs is 1. The fourth-order valence-corrected chi connectivity index (χ4v) is 4.32. The number of benzene rings is 2. The predicted molar refractivity (Wildman–Crippen MR) is 112 cm³/mol. The summed E-state index contributed by atoms with van der Waals surface area (Å²) in [4.78, 5) is 13.6. The Morgan fingerprint density at radius 2 is 1.89 bits per heavy atom. The van der Waals surface area contributed by atoms with Gasteiger partial charge in [-0.2, -0.15) is 0 Å². The quantitative estimate of drug-likeness (QED) is 0.646. The average molecular weight is 399 g/mol. The largest absolute Gasteiger partial charge is 0.423 e. The van der Waals surface area contributed by atoms with Crippen LogP contribution in [0.15, 0.2) is 57.7 Å². The van der Waals surface area contributed by atoms with Gasteiger partial charge in [-0.25, -0.2) is 4.79 Å². The van der Waals surface area contributed by atoms with E-state index in [0.717, 1.165) is 29.6 Å². The maximum atomic E-state index is 12.0. The van der Waals surface area contributed by atoms with Crippen LogP contribution in [0, 0.1) is 6.92 Å². The van der Waals surface area contributed by atoms with Crippen LogP contribution >= 0.6 is 11.6 Å². The van der Waals surface area contributed by atoms with E-state index in [0.29, 0.717) is 16.6 Å². The Morgan fingerprint density at radius 3 is 2.64 bits per heavy atom. The Hall–Kier alpha value is -2.14. The third-order valence-electron chi connectivity index (χ3n) is 5.81. The molecule has 1 saturated heterocycles. The van der Waals surface area contributed by atoms with E-state index in [9.17, 15) is 4.79 Å². The monoisotopic (exact) mass is 398 g/mol. The van der Waals surface area contributed by atoms with Gasteiger partial charge >= 0.3 is 5.63 Å². The molecular weight excluding hydrogens is 372 g/mol. The fraction of sp³-hybridized carbons (Fsp3) is 0.348. The Kier molecular flexibility index (Phi) is 5.81. The molecule has 0 radical (unpaired) electrons. The first-order chi connectivity index (χ1) is 13.6. The molecule has 0 aliphatic carbocycles. The van der Waals surface area contributed by atoms with Gasteiger partial charge in [0.25, 0.3) is 0 Å². The molecule has 0 bridgehead atoms. The van der Waals surface area contributed by atoms with E-state index in [1.54, 1.807) is 11.0 Å². The molecule has 146 valence electrons. The molecule has 0 amide bonds. The van der Waals surface area contributed by atoms with Gasteiger partial charge in [-0.1, -0.05) is 41.9 Å². The summed E-state index contributed by atoms with van der Waals surface area (Å²) in [6, 6.07) is 16.7. The second-order valence-corrected chi connectivity index (χ2v) is 8.29. The lowest BCUT2D eigenvalue weighted by Gasteiger charge is -2.28. The summed E-state index contributed by atoms with van der Waals surface area (Å²) in [5.41, 5.74) is 3.67. The molecule has 2 heterocycles. The molecule has 1 aromatic heterocycles. The first kappa shape index (κ1) is 19.2. The Labute approximate surface area is 170 Å². The highest BCUT2D eigenvalue weighted by Gasteiger charge is 2.24. The number of quaternary nitrogens is 2. The van der Waals surface area contributed by atoms with E-state index in [4.69, 9.17) is 16.0 Å². The van der Waals surface area contributed by atoms with E-state index in [1.807, 2.05) is 19.1 Å². The van der Waals surface area contributed by atoms with E-state index < -0.39 is 0 Å². The van der Waals surface area contributed by atoms with Crippen molar-refractivity contribution in [1.82, 2.24) is 0 Å². The number of rotatable bonds is 5. The number of halogens is 1. The number of piperidine rings is 1. The zero-order valence-electron chi connectivity index (χ0n) is 16.2. The summed E-state index contributed by atoms with van der Waals surface area (Å²) in [6.07, 6.45) is 2.39. The van der Waals surface area contributed by atoms with Crippen molar-refractivity contribution in [2.75, 3.05) is 13.1 Å². The second-order valence-electron chi connectivity index (χ2n) is 7.88. The summed E-state index contributed by atoms with van der Waals surface area (Å²) in [6.45, 7) is 6.19. The van der Waals surface area contributed by atoms with Crippen LogP contribution in [0.3, 0.4) is 0 Å². The number of aryl methyl sites for hydroxylation is 1. The van der Waals surface area contributed by atoms with Gasteiger partial charge < -0.3 is 14.6 Å². The van der Waals surface area contributed by atoms with Gasteiger partial charge in [0.1, 0.15) is 18.7 Å². The minimum Gasteiger partial charge on any atom is -0.423 e. The SMILES string of the molecule is Cc1cc2oc(=O)cc(C[NH2+]C3CC[NH+](Cc4ccccc4)CC3)c2cc1Cl. The fourth-order valence-electron chi connectivity index (χ4n) is 4.16. The Morgan fingerprint density at radius 1 is 1.14 bits per heavy atom. The first-order valence-corrected chi connectivity index (χ1v) is 10.4. The van der Waals surface area contributed by atoms with Crippen LogP contribution in [0.1, 0.15) is 29.5 Å². The average Bonchev–Trinajstić information content (AvgIpc) is 2.69. The number of hydrogen-bond donors (Lipinski definition) is 2. The van der Waals surface area contributed by atoms with Crippen LogP contribution in [0.4, 0.5) is 0 Å². The summed E-state index contributed by atoms with van der Waals surface area (Å²) in [7, 11) is 0. The lowest BCUT2D eigenvalue weighted by atomic mass is 10.0. The predicted octanol–water partition coefficient (Wildman–Crippen LogP) is 2.07. The standard InChI is InChI=1S/C23H25ClN2O2/c1-16-11-22-20(13-21(16)24)18(12-23(27)28-22)14-25-19-7-9-26(10-8-19)15-17-5-3-2-4-6-17/h2-6,11-13,19,25H,7-10,14-15H2,1H3/p+2. The van der Waals surface area contributed by atoms with Gasteiger partial charge in [0.2, 0.25) is 0 Å². The zero-order chi connectivity index (χ0) is 19.5. The number of likely N-dealkylation sites (tertiary alicyclic amines) is 1. The molecule has 2 aromatic carbocycles. The number of hydrogen-bond acceptors (Lipinski definition) is 2. The summed E-state index contributed by atoms with van der Waals surface area (Å²) >= 11 is 6.30. The molecule has 1 aliphatic rings. The lowest BCUT2D eigenvalue weighted by molar-refractivity contribution is -0.926. The van der Waals surface area contributed by atoms with Crippen LogP contribution in [0.25, 0.3) is 11.0 Å². The molecule has 1 aliphatic heterocycles. The van der Waals surface area contributed by atoms with Crippen LogP contribution in [0.5, 0.6) is 0 Å². The highest BCUT2D eigenvalue weighted by molar-refractivity contribution is 6.32. The highest BCUT2D eigenvalue weighted by Crippen LogP contribution is 2.24. The van der Waals surface area contributed by atoms with Gasteiger partial charge in [0, 0.05) is 40.4 Å². The molecule has 0 atom stereocenters. The molecule has 0 spiro atoms. The van der Waals surface area contributed by atoms with Gasteiger partial charge in [-0.3, -0.25) is 0 Å². The maximum absolute atomic E-state index is 12.0. The van der Waals surface area contributed by atoms with Crippen molar-refractivity contribution in [3.63, 3.8) is 0 Å². The summed E-state index contributed by atoms with van der Waals surface area (Å²) in [5.74, 6) is 0. The molecule has 5 heteroatoms. The van der Waals surface area contributed by atoms with Crippen LogP contribution in [-0.4, -0.2) is 19.1 Å². The van der Waals surface area contributed by atoms with Crippen LogP contribution < -0.4 is 15.8 Å². The third kappa shape index (κ3) is 4.46. The highest BCUT2D eigenvalue weighted by atomic mass is 35.5. The van der Waals surface area contributed by atoms with Gasteiger partial charge in [-0.05, 0) is 24.6 Å². The second kappa shape index (κ2) is 8.48. The van der Waals surface area contributed by atoms with Crippen LogP contribution in [-0.2, 0) is 13.1 Å². The molecule has 3 N–H and O–H groups in total. The molecule has 28 heavy (non-hydrogen) atoms.